The maximum Gasteiger partial charge on any atom is 0.128 e. The average Bonchev–Trinajstić information content (AvgIpc) is 2.83. The Balaban J connectivity index is 2.04. The van der Waals surface area contributed by atoms with Crippen LogP contribution in [-0.2, 0) is 0 Å². The summed E-state index contributed by atoms with van der Waals surface area (Å²) in [5.74, 6) is 0.950. The van der Waals surface area contributed by atoms with E-state index in [1.54, 1.807) is 12.5 Å². The minimum atomic E-state index is 0.209. The van der Waals surface area contributed by atoms with E-state index < -0.39 is 0 Å². The lowest BCUT2D eigenvalue weighted by atomic mass is 10.2. The predicted octanol–water partition coefficient (Wildman–Crippen LogP) is 2.91. The van der Waals surface area contributed by atoms with Gasteiger partial charge >= 0.3 is 0 Å². The molecule has 0 radical (unpaired) electrons. The standard InChI is InChI=1S/C13H17N3O/c1-10(11-6-7-17-9-11)15-12-4-5-13(14-8-12)16(2)3/h4-10,15H,1-3H3. The van der Waals surface area contributed by atoms with Crippen LogP contribution in [0.2, 0.25) is 0 Å². The van der Waals surface area contributed by atoms with Crippen molar-refractivity contribution in [3.05, 3.63) is 42.5 Å². The Hall–Kier alpha value is -1.97. The Morgan fingerprint density at radius 1 is 1.29 bits per heavy atom. The summed E-state index contributed by atoms with van der Waals surface area (Å²) in [5.41, 5.74) is 2.13. The summed E-state index contributed by atoms with van der Waals surface area (Å²) in [6.45, 7) is 2.09. The maximum atomic E-state index is 5.06. The van der Waals surface area contributed by atoms with Gasteiger partial charge in [0.25, 0.3) is 0 Å². The number of hydrogen-bond donors (Lipinski definition) is 1. The molecule has 4 nitrogen and oxygen atoms in total. The molecule has 4 heteroatoms. The first-order chi connectivity index (χ1) is 8.16. The van der Waals surface area contributed by atoms with Gasteiger partial charge in [0.05, 0.1) is 30.5 Å². The summed E-state index contributed by atoms with van der Waals surface area (Å²) >= 11 is 0. The number of hydrogen-bond acceptors (Lipinski definition) is 4. The average molecular weight is 231 g/mol. The van der Waals surface area contributed by atoms with E-state index in [1.165, 1.54) is 0 Å². The molecule has 1 unspecified atom stereocenters. The zero-order chi connectivity index (χ0) is 12.3. The highest BCUT2D eigenvalue weighted by Gasteiger charge is 2.06. The van der Waals surface area contributed by atoms with Crippen molar-refractivity contribution in [2.75, 3.05) is 24.3 Å². The molecule has 1 N–H and O–H groups in total. The first-order valence-corrected chi connectivity index (χ1v) is 5.59. The van der Waals surface area contributed by atoms with E-state index in [1.807, 2.05) is 43.4 Å². The number of anilines is 2. The summed E-state index contributed by atoms with van der Waals surface area (Å²) in [4.78, 5) is 6.33. The van der Waals surface area contributed by atoms with Crippen molar-refractivity contribution in [2.24, 2.45) is 0 Å². The Kier molecular flexibility index (Phi) is 3.32. The second-order valence-corrected chi connectivity index (χ2v) is 4.22. The molecule has 0 aliphatic heterocycles. The third kappa shape index (κ3) is 2.78. The Labute approximate surface area is 101 Å². The van der Waals surface area contributed by atoms with Gasteiger partial charge in [0.15, 0.2) is 0 Å². The van der Waals surface area contributed by atoms with Gasteiger partial charge in [-0.3, -0.25) is 0 Å². The SMILES string of the molecule is CC(Nc1ccc(N(C)C)nc1)c1ccoc1. The smallest absolute Gasteiger partial charge is 0.128 e. The van der Waals surface area contributed by atoms with Crippen LogP contribution in [0.1, 0.15) is 18.5 Å². The van der Waals surface area contributed by atoms with E-state index in [0.29, 0.717) is 0 Å². The highest BCUT2D eigenvalue weighted by Crippen LogP contribution is 2.20. The molecule has 17 heavy (non-hydrogen) atoms. The minimum absolute atomic E-state index is 0.209. The molecule has 0 aliphatic rings. The molecule has 1 atom stereocenters. The monoisotopic (exact) mass is 231 g/mol. The third-order valence-corrected chi connectivity index (χ3v) is 2.63. The van der Waals surface area contributed by atoms with Crippen LogP contribution >= 0.6 is 0 Å². The van der Waals surface area contributed by atoms with Gasteiger partial charge in [0.1, 0.15) is 5.82 Å². The van der Waals surface area contributed by atoms with Crippen molar-refractivity contribution in [1.29, 1.82) is 0 Å². The van der Waals surface area contributed by atoms with Gasteiger partial charge in [0.2, 0.25) is 0 Å². The topological polar surface area (TPSA) is 41.3 Å². The van der Waals surface area contributed by atoms with Crippen molar-refractivity contribution < 1.29 is 4.42 Å². The van der Waals surface area contributed by atoms with Crippen molar-refractivity contribution >= 4 is 11.5 Å². The zero-order valence-corrected chi connectivity index (χ0v) is 10.3. The van der Waals surface area contributed by atoms with Crippen LogP contribution in [0.4, 0.5) is 11.5 Å². The molecule has 0 aromatic carbocycles. The van der Waals surface area contributed by atoms with Gasteiger partial charge < -0.3 is 14.6 Å². The first kappa shape index (κ1) is 11.5. The largest absolute Gasteiger partial charge is 0.472 e. The van der Waals surface area contributed by atoms with Gasteiger partial charge in [-0.1, -0.05) is 0 Å². The lowest BCUT2D eigenvalue weighted by Gasteiger charge is -2.15. The van der Waals surface area contributed by atoms with Crippen molar-refractivity contribution in [1.82, 2.24) is 4.98 Å². The van der Waals surface area contributed by atoms with Gasteiger partial charge in [-0.05, 0) is 25.1 Å². The second-order valence-electron chi connectivity index (χ2n) is 4.22. The second kappa shape index (κ2) is 4.91. The molecule has 0 fully saturated rings. The fourth-order valence-electron chi connectivity index (χ4n) is 1.59. The molecule has 0 saturated heterocycles. The highest BCUT2D eigenvalue weighted by molar-refractivity contribution is 5.49. The molecule has 0 spiro atoms. The van der Waals surface area contributed by atoms with Gasteiger partial charge in [-0.2, -0.15) is 0 Å². The molecule has 2 rings (SSSR count). The van der Waals surface area contributed by atoms with Crippen molar-refractivity contribution in [3.63, 3.8) is 0 Å². The van der Waals surface area contributed by atoms with E-state index in [0.717, 1.165) is 17.1 Å². The molecule has 2 heterocycles. The van der Waals surface area contributed by atoms with Crippen LogP contribution in [0.5, 0.6) is 0 Å². The normalized spacial score (nSPS) is 12.2. The molecule has 0 aliphatic carbocycles. The van der Waals surface area contributed by atoms with E-state index in [2.05, 4.69) is 17.2 Å². The number of aromatic nitrogens is 1. The van der Waals surface area contributed by atoms with Crippen LogP contribution in [-0.4, -0.2) is 19.1 Å². The Morgan fingerprint density at radius 2 is 2.12 bits per heavy atom. The van der Waals surface area contributed by atoms with E-state index in [9.17, 15) is 0 Å². The molecular weight excluding hydrogens is 214 g/mol. The third-order valence-electron chi connectivity index (χ3n) is 2.63. The summed E-state index contributed by atoms with van der Waals surface area (Å²) in [6, 6.07) is 6.18. The van der Waals surface area contributed by atoms with E-state index >= 15 is 0 Å². The molecule has 0 bridgehead atoms. The molecule has 90 valence electrons. The summed E-state index contributed by atoms with van der Waals surface area (Å²) in [5, 5.41) is 3.37. The van der Waals surface area contributed by atoms with Crippen LogP contribution < -0.4 is 10.2 Å². The Morgan fingerprint density at radius 3 is 2.65 bits per heavy atom. The quantitative estimate of drug-likeness (QED) is 0.878. The highest BCUT2D eigenvalue weighted by atomic mass is 16.3. The molecule has 0 amide bonds. The number of furan rings is 1. The summed E-state index contributed by atoms with van der Waals surface area (Å²) in [6.07, 6.45) is 5.27. The van der Waals surface area contributed by atoms with Crippen LogP contribution in [0, 0.1) is 0 Å². The van der Waals surface area contributed by atoms with Gasteiger partial charge in [0, 0.05) is 19.7 Å². The lowest BCUT2D eigenvalue weighted by Crippen LogP contribution is -2.11. The first-order valence-electron chi connectivity index (χ1n) is 5.59. The zero-order valence-electron chi connectivity index (χ0n) is 10.3. The lowest BCUT2D eigenvalue weighted by molar-refractivity contribution is 0.562. The van der Waals surface area contributed by atoms with Crippen LogP contribution in [0.25, 0.3) is 0 Å². The molecule has 0 saturated carbocycles. The molecular formula is C13H17N3O. The molecule has 2 aromatic heterocycles. The predicted molar refractivity (Wildman–Crippen MR) is 69.3 cm³/mol. The fraction of sp³-hybridized carbons (Fsp3) is 0.308. The van der Waals surface area contributed by atoms with Crippen molar-refractivity contribution in [3.8, 4) is 0 Å². The number of rotatable bonds is 4. The minimum Gasteiger partial charge on any atom is -0.472 e. The number of nitrogens with zero attached hydrogens (tertiary/aromatic N) is 2. The molecule has 2 aromatic rings. The number of pyridine rings is 1. The van der Waals surface area contributed by atoms with Gasteiger partial charge in [-0.25, -0.2) is 4.98 Å². The Bertz CT molecular complexity index is 448. The fourth-order valence-corrected chi connectivity index (χ4v) is 1.59. The summed E-state index contributed by atoms with van der Waals surface area (Å²) in [7, 11) is 3.95. The summed E-state index contributed by atoms with van der Waals surface area (Å²) < 4.78 is 5.06. The van der Waals surface area contributed by atoms with E-state index in [4.69, 9.17) is 4.42 Å². The van der Waals surface area contributed by atoms with Gasteiger partial charge in [-0.15, -0.1) is 0 Å². The van der Waals surface area contributed by atoms with Crippen LogP contribution in [0.15, 0.2) is 41.3 Å². The van der Waals surface area contributed by atoms with Crippen molar-refractivity contribution in [2.45, 2.75) is 13.0 Å². The van der Waals surface area contributed by atoms with E-state index in [-0.39, 0.29) is 6.04 Å². The maximum absolute atomic E-state index is 5.06. The van der Waals surface area contributed by atoms with Crippen LogP contribution in [0.3, 0.4) is 0 Å². The number of nitrogens with one attached hydrogen (secondary N) is 1.